The molecule has 0 atom stereocenters. The first-order valence-electron chi connectivity index (χ1n) is 2.42. The smallest absolute Gasteiger partial charge is 0.160 e. The van der Waals surface area contributed by atoms with Gasteiger partial charge in [-0.25, -0.2) is 4.39 Å². The summed E-state index contributed by atoms with van der Waals surface area (Å²) in [6.07, 6.45) is 1.84. The Labute approximate surface area is 48.1 Å². The largest absolute Gasteiger partial charge is 0.506 e. The van der Waals surface area contributed by atoms with Crippen molar-refractivity contribution in [3.8, 4) is 0 Å². The van der Waals surface area contributed by atoms with E-state index in [4.69, 9.17) is 5.11 Å². The van der Waals surface area contributed by atoms with E-state index >= 15 is 0 Å². The average Bonchev–Trinajstić information content (AvgIpc) is 1.67. The van der Waals surface area contributed by atoms with Crippen molar-refractivity contribution >= 4 is 0 Å². The van der Waals surface area contributed by atoms with Crippen molar-refractivity contribution in [2.24, 2.45) is 0 Å². The third-order valence-corrected chi connectivity index (χ3v) is 0.659. The van der Waals surface area contributed by atoms with Crippen molar-refractivity contribution in [2.75, 3.05) is 0 Å². The van der Waals surface area contributed by atoms with Gasteiger partial charge in [0.05, 0.1) is 0 Å². The van der Waals surface area contributed by atoms with E-state index in [9.17, 15) is 4.39 Å². The summed E-state index contributed by atoms with van der Waals surface area (Å²) in [5.74, 6) is -1.13. The molecule has 0 spiro atoms. The third-order valence-electron chi connectivity index (χ3n) is 0.659. The minimum absolute atomic E-state index is 0.494. The van der Waals surface area contributed by atoms with Crippen molar-refractivity contribution in [1.82, 2.24) is 0 Å². The summed E-state index contributed by atoms with van der Waals surface area (Å²) in [5, 5.41) is 8.31. The number of rotatable bonds is 2. The van der Waals surface area contributed by atoms with Gasteiger partial charge in [-0.2, -0.15) is 0 Å². The fraction of sp³-hybridized carbons (Fsp3) is 0.333. The number of aliphatic hydroxyl groups is 1. The predicted octanol–water partition coefficient (Wildman–Crippen LogP) is 2.32. The van der Waals surface area contributed by atoms with Crippen LogP contribution in [0.2, 0.25) is 0 Å². The van der Waals surface area contributed by atoms with Crippen LogP contribution in [0.4, 0.5) is 4.39 Å². The number of hydrogen-bond acceptors (Lipinski definition) is 1. The zero-order valence-corrected chi connectivity index (χ0v) is 4.82. The van der Waals surface area contributed by atoms with E-state index in [0.717, 1.165) is 0 Å². The van der Waals surface area contributed by atoms with Crippen molar-refractivity contribution in [3.05, 3.63) is 24.2 Å². The molecule has 8 heavy (non-hydrogen) atoms. The lowest BCUT2D eigenvalue weighted by Gasteiger charge is -1.88. The molecule has 0 aromatic rings. The molecule has 0 aliphatic heterocycles. The molecule has 0 saturated heterocycles. The standard InChI is InChI=1S/C6H9FO/c1-3-4-6(7)5(2)8/h4,8H,2-3H2,1H3/b6-4+. The molecular formula is C6H9FO. The van der Waals surface area contributed by atoms with Crippen LogP contribution in [0, 0.1) is 0 Å². The van der Waals surface area contributed by atoms with Gasteiger partial charge in [-0.3, -0.25) is 0 Å². The molecule has 0 bridgehead atoms. The molecule has 0 saturated carbocycles. The Morgan fingerprint density at radius 1 is 1.88 bits per heavy atom. The number of aliphatic hydroxyl groups excluding tert-OH is 1. The van der Waals surface area contributed by atoms with Gasteiger partial charge in [0.25, 0.3) is 0 Å². The molecule has 0 aliphatic rings. The third kappa shape index (κ3) is 2.39. The van der Waals surface area contributed by atoms with E-state index in [1.165, 1.54) is 6.08 Å². The van der Waals surface area contributed by atoms with E-state index in [-0.39, 0.29) is 0 Å². The lowest BCUT2D eigenvalue weighted by Crippen LogP contribution is -1.76. The highest BCUT2D eigenvalue weighted by Crippen LogP contribution is 2.05. The normalized spacial score (nSPS) is 11.5. The Morgan fingerprint density at radius 2 is 2.38 bits per heavy atom. The van der Waals surface area contributed by atoms with E-state index in [1.807, 2.05) is 0 Å². The highest BCUT2D eigenvalue weighted by molar-refractivity contribution is 5.13. The van der Waals surface area contributed by atoms with Gasteiger partial charge in [0.1, 0.15) is 5.76 Å². The van der Waals surface area contributed by atoms with E-state index in [0.29, 0.717) is 6.42 Å². The summed E-state index contributed by atoms with van der Waals surface area (Å²) < 4.78 is 12.0. The van der Waals surface area contributed by atoms with Crippen molar-refractivity contribution in [3.63, 3.8) is 0 Å². The fourth-order valence-corrected chi connectivity index (χ4v) is 0.297. The average molecular weight is 116 g/mol. The van der Waals surface area contributed by atoms with Crippen LogP contribution in [0.15, 0.2) is 24.2 Å². The molecule has 1 nitrogen and oxygen atoms in total. The Balaban J connectivity index is 3.80. The maximum absolute atomic E-state index is 12.0. The highest BCUT2D eigenvalue weighted by atomic mass is 19.1. The quantitative estimate of drug-likeness (QED) is 0.433. The molecule has 2 heteroatoms. The molecule has 0 amide bonds. The van der Waals surface area contributed by atoms with E-state index in [2.05, 4.69) is 6.58 Å². The Morgan fingerprint density at radius 3 is 2.50 bits per heavy atom. The Bertz CT molecular complexity index is 116. The van der Waals surface area contributed by atoms with Crippen molar-refractivity contribution in [1.29, 1.82) is 0 Å². The van der Waals surface area contributed by atoms with Crippen LogP contribution in [0.25, 0.3) is 0 Å². The number of halogens is 1. The minimum atomic E-state index is -0.632. The summed E-state index contributed by atoms with van der Waals surface area (Å²) >= 11 is 0. The Kier molecular flexibility index (Phi) is 2.92. The highest BCUT2D eigenvalue weighted by Gasteiger charge is 1.92. The van der Waals surface area contributed by atoms with Crippen molar-refractivity contribution < 1.29 is 9.50 Å². The summed E-state index contributed by atoms with van der Waals surface area (Å²) in [6.45, 7) is 4.77. The summed E-state index contributed by atoms with van der Waals surface area (Å²) in [7, 11) is 0. The second-order valence-electron chi connectivity index (χ2n) is 1.41. The zero-order valence-electron chi connectivity index (χ0n) is 4.82. The van der Waals surface area contributed by atoms with Crippen molar-refractivity contribution in [2.45, 2.75) is 13.3 Å². The maximum Gasteiger partial charge on any atom is 0.160 e. The van der Waals surface area contributed by atoms with Crippen LogP contribution in [-0.2, 0) is 0 Å². The minimum Gasteiger partial charge on any atom is -0.506 e. The van der Waals surface area contributed by atoms with E-state index in [1.54, 1.807) is 6.92 Å². The molecule has 0 aliphatic carbocycles. The van der Waals surface area contributed by atoms with Crippen LogP contribution in [0.1, 0.15) is 13.3 Å². The first-order chi connectivity index (χ1) is 3.68. The molecule has 0 unspecified atom stereocenters. The van der Waals surface area contributed by atoms with Gasteiger partial charge in [0, 0.05) is 0 Å². The molecule has 0 aromatic carbocycles. The second-order valence-corrected chi connectivity index (χ2v) is 1.41. The Hall–Kier alpha value is -0.790. The molecular weight excluding hydrogens is 107 g/mol. The van der Waals surface area contributed by atoms with Crippen LogP contribution in [0.3, 0.4) is 0 Å². The van der Waals surface area contributed by atoms with E-state index < -0.39 is 11.6 Å². The first-order valence-corrected chi connectivity index (χ1v) is 2.42. The van der Waals surface area contributed by atoms with Gasteiger partial charge in [0.2, 0.25) is 0 Å². The van der Waals surface area contributed by atoms with Gasteiger partial charge in [0.15, 0.2) is 5.83 Å². The number of hydrogen-bond donors (Lipinski definition) is 1. The molecule has 1 N–H and O–H groups in total. The van der Waals surface area contributed by atoms with Crippen LogP contribution in [0.5, 0.6) is 0 Å². The summed E-state index contributed by atoms with van der Waals surface area (Å²) in [5.41, 5.74) is 0. The van der Waals surface area contributed by atoms with Gasteiger partial charge in [-0.15, -0.1) is 0 Å². The first kappa shape index (κ1) is 7.21. The summed E-state index contributed by atoms with van der Waals surface area (Å²) in [6, 6.07) is 0. The number of allylic oxidation sites excluding steroid dienone is 2. The SMILES string of the molecule is C=C(O)/C(F)=C\CC. The lowest BCUT2D eigenvalue weighted by molar-refractivity contribution is 0.391. The topological polar surface area (TPSA) is 20.2 Å². The summed E-state index contributed by atoms with van der Waals surface area (Å²) in [4.78, 5) is 0. The van der Waals surface area contributed by atoms with Gasteiger partial charge < -0.3 is 5.11 Å². The fourth-order valence-electron chi connectivity index (χ4n) is 0.297. The lowest BCUT2D eigenvalue weighted by atomic mass is 10.4. The molecule has 0 rings (SSSR count). The second kappa shape index (κ2) is 3.24. The van der Waals surface area contributed by atoms with Crippen LogP contribution < -0.4 is 0 Å². The zero-order chi connectivity index (χ0) is 6.57. The predicted molar refractivity (Wildman–Crippen MR) is 31.3 cm³/mol. The van der Waals surface area contributed by atoms with Crippen LogP contribution in [-0.4, -0.2) is 5.11 Å². The van der Waals surface area contributed by atoms with Gasteiger partial charge >= 0.3 is 0 Å². The van der Waals surface area contributed by atoms with Gasteiger partial charge in [-0.05, 0) is 12.5 Å². The molecule has 0 aromatic heterocycles. The maximum atomic E-state index is 12.0. The molecule has 0 heterocycles. The molecule has 0 fully saturated rings. The van der Waals surface area contributed by atoms with Crippen LogP contribution >= 0.6 is 0 Å². The van der Waals surface area contributed by atoms with Gasteiger partial charge in [-0.1, -0.05) is 13.5 Å². The molecule has 0 radical (unpaired) electrons. The molecule has 46 valence electrons. The monoisotopic (exact) mass is 116 g/mol.